The summed E-state index contributed by atoms with van der Waals surface area (Å²) >= 11 is 8.77. The minimum Gasteiger partial charge on any atom is -0.374 e. The second-order valence-electron chi connectivity index (χ2n) is 4.13. The number of anilines is 2. The van der Waals surface area contributed by atoms with Crippen molar-refractivity contribution in [3.8, 4) is 0 Å². The largest absolute Gasteiger partial charge is 0.374 e. The van der Waals surface area contributed by atoms with Crippen molar-refractivity contribution in [1.82, 2.24) is 0 Å². The van der Waals surface area contributed by atoms with Crippen molar-refractivity contribution in [2.75, 3.05) is 17.2 Å². The van der Waals surface area contributed by atoms with Crippen LogP contribution in [0.2, 0.25) is 5.02 Å². The molecule has 0 bridgehead atoms. The first-order valence-electron chi connectivity index (χ1n) is 5.90. The van der Waals surface area contributed by atoms with Gasteiger partial charge in [0.15, 0.2) is 0 Å². The first-order valence-corrected chi connectivity index (χ1v) is 7.07. The quantitative estimate of drug-likeness (QED) is 0.776. The number of carbonyl (C=O) groups excluding carboxylic acids is 1. The molecular formula is C14H10BrClF2N2O. The Morgan fingerprint density at radius 2 is 1.86 bits per heavy atom. The number of amides is 1. The topological polar surface area (TPSA) is 41.1 Å². The summed E-state index contributed by atoms with van der Waals surface area (Å²) in [6, 6.07) is 8.69. The van der Waals surface area contributed by atoms with Gasteiger partial charge >= 0.3 is 0 Å². The highest BCUT2D eigenvalue weighted by Gasteiger charge is 2.10. The molecule has 2 aromatic carbocycles. The van der Waals surface area contributed by atoms with E-state index in [1.807, 2.05) is 0 Å². The summed E-state index contributed by atoms with van der Waals surface area (Å²) in [7, 11) is 0. The average Bonchev–Trinajstić information content (AvgIpc) is 2.44. The number of hydrogen-bond donors (Lipinski definition) is 2. The van der Waals surface area contributed by atoms with E-state index in [1.165, 1.54) is 0 Å². The van der Waals surface area contributed by atoms with Gasteiger partial charge in [-0.05, 0) is 34.1 Å². The molecule has 1 amide bonds. The van der Waals surface area contributed by atoms with Crippen molar-refractivity contribution in [3.05, 3.63) is 57.5 Å². The van der Waals surface area contributed by atoms with Crippen LogP contribution in [0.25, 0.3) is 0 Å². The first kappa shape index (κ1) is 15.7. The van der Waals surface area contributed by atoms with Crippen molar-refractivity contribution in [2.45, 2.75) is 0 Å². The number of para-hydroxylation sites is 1. The molecule has 0 aliphatic rings. The van der Waals surface area contributed by atoms with Crippen LogP contribution in [0.4, 0.5) is 20.2 Å². The van der Waals surface area contributed by atoms with Gasteiger partial charge in [-0.3, -0.25) is 4.79 Å². The van der Waals surface area contributed by atoms with Gasteiger partial charge in [0.25, 0.3) is 0 Å². The molecule has 0 aromatic heterocycles. The fourth-order valence-electron chi connectivity index (χ4n) is 1.59. The van der Waals surface area contributed by atoms with Crippen LogP contribution in [0.5, 0.6) is 0 Å². The summed E-state index contributed by atoms with van der Waals surface area (Å²) < 4.78 is 26.9. The number of rotatable bonds is 4. The molecule has 0 saturated carbocycles. The first-order chi connectivity index (χ1) is 9.97. The van der Waals surface area contributed by atoms with Crippen LogP contribution >= 0.6 is 27.5 Å². The van der Waals surface area contributed by atoms with Gasteiger partial charge in [-0.15, -0.1) is 0 Å². The van der Waals surface area contributed by atoms with Gasteiger partial charge in [0.2, 0.25) is 5.91 Å². The molecule has 0 saturated heterocycles. The maximum Gasteiger partial charge on any atom is 0.243 e. The number of hydrogen-bond acceptors (Lipinski definition) is 2. The predicted octanol–water partition coefficient (Wildman–Crippen LogP) is 4.43. The van der Waals surface area contributed by atoms with Crippen LogP contribution in [0.1, 0.15) is 0 Å². The fraction of sp³-hybridized carbons (Fsp3) is 0.0714. The number of benzene rings is 2. The molecule has 0 atom stereocenters. The Morgan fingerprint density at radius 3 is 2.57 bits per heavy atom. The molecular weight excluding hydrogens is 366 g/mol. The lowest BCUT2D eigenvalue weighted by Crippen LogP contribution is -2.22. The lowest BCUT2D eigenvalue weighted by atomic mass is 10.3. The normalized spacial score (nSPS) is 10.3. The van der Waals surface area contributed by atoms with E-state index in [2.05, 4.69) is 26.6 Å². The second kappa shape index (κ2) is 6.87. The van der Waals surface area contributed by atoms with Crippen molar-refractivity contribution < 1.29 is 13.6 Å². The highest BCUT2D eigenvalue weighted by atomic mass is 79.9. The SMILES string of the molecule is O=C(CNc1cc(F)c(Br)cc1F)Nc1ccccc1Cl. The minimum atomic E-state index is -0.659. The number of halogens is 4. The predicted molar refractivity (Wildman–Crippen MR) is 82.6 cm³/mol. The van der Waals surface area contributed by atoms with Crippen molar-refractivity contribution in [1.29, 1.82) is 0 Å². The van der Waals surface area contributed by atoms with E-state index < -0.39 is 17.5 Å². The number of carbonyl (C=O) groups is 1. The van der Waals surface area contributed by atoms with Crippen molar-refractivity contribution >= 4 is 44.8 Å². The van der Waals surface area contributed by atoms with Gasteiger partial charge < -0.3 is 10.6 Å². The van der Waals surface area contributed by atoms with E-state index in [1.54, 1.807) is 24.3 Å². The van der Waals surface area contributed by atoms with Crippen molar-refractivity contribution in [3.63, 3.8) is 0 Å². The third-order valence-electron chi connectivity index (χ3n) is 2.60. The standard InChI is InChI=1S/C14H10BrClF2N2O/c15-8-5-11(18)13(6-10(8)17)19-7-14(21)20-12-4-2-1-3-9(12)16/h1-6,19H,7H2,(H,20,21). The smallest absolute Gasteiger partial charge is 0.243 e. The molecule has 0 aliphatic heterocycles. The fourth-order valence-corrected chi connectivity index (χ4v) is 2.09. The number of nitrogens with one attached hydrogen (secondary N) is 2. The zero-order valence-corrected chi connectivity index (χ0v) is 12.9. The van der Waals surface area contributed by atoms with Gasteiger partial charge in [0.1, 0.15) is 11.6 Å². The maximum atomic E-state index is 13.6. The Bertz CT molecular complexity index is 682. The molecule has 0 spiro atoms. The molecule has 0 aliphatic carbocycles. The van der Waals surface area contributed by atoms with Crippen LogP contribution in [-0.2, 0) is 4.79 Å². The highest BCUT2D eigenvalue weighted by molar-refractivity contribution is 9.10. The molecule has 2 N–H and O–H groups in total. The molecule has 0 fully saturated rings. The maximum absolute atomic E-state index is 13.6. The third kappa shape index (κ3) is 4.15. The highest BCUT2D eigenvalue weighted by Crippen LogP contribution is 2.23. The zero-order valence-electron chi connectivity index (χ0n) is 10.6. The average molecular weight is 376 g/mol. The minimum absolute atomic E-state index is 0.0195. The molecule has 0 radical (unpaired) electrons. The van der Waals surface area contributed by atoms with Crippen LogP contribution in [0.15, 0.2) is 40.9 Å². The monoisotopic (exact) mass is 374 g/mol. The van der Waals surface area contributed by atoms with Gasteiger partial charge in [-0.1, -0.05) is 23.7 Å². The van der Waals surface area contributed by atoms with Crippen LogP contribution in [-0.4, -0.2) is 12.5 Å². The van der Waals surface area contributed by atoms with Gasteiger partial charge in [0.05, 0.1) is 27.4 Å². The molecule has 7 heteroatoms. The van der Waals surface area contributed by atoms with E-state index in [-0.39, 0.29) is 16.7 Å². The third-order valence-corrected chi connectivity index (χ3v) is 3.53. The summed E-state index contributed by atoms with van der Waals surface area (Å²) in [6.45, 7) is -0.219. The molecule has 0 unspecified atom stereocenters. The van der Waals surface area contributed by atoms with E-state index >= 15 is 0 Å². The summed E-state index contributed by atoms with van der Waals surface area (Å²) in [5.41, 5.74) is 0.360. The summed E-state index contributed by atoms with van der Waals surface area (Å²) in [6.07, 6.45) is 0. The van der Waals surface area contributed by atoms with E-state index in [9.17, 15) is 13.6 Å². The summed E-state index contributed by atoms with van der Waals surface area (Å²) in [4.78, 5) is 11.7. The van der Waals surface area contributed by atoms with E-state index in [4.69, 9.17) is 11.6 Å². The molecule has 110 valence electrons. The zero-order chi connectivity index (χ0) is 15.4. The van der Waals surface area contributed by atoms with Gasteiger partial charge in [-0.25, -0.2) is 8.78 Å². The second-order valence-corrected chi connectivity index (χ2v) is 5.39. The van der Waals surface area contributed by atoms with Crippen molar-refractivity contribution in [2.24, 2.45) is 0 Å². The molecule has 3 nitrogen and oxygen atoms in total. The van der Waals surface area contributed by atoms with Crippen LogP contribution in [0, 0.1) is 11.6 Å². The Hall–Kier alpha value is -1.66. The molecule has 0 heterocycles. The summed E-state index contributed by atoms with van der Waals surface area (Å²) in [5.74, 6) is -1.70. The van der Waals surface area contributed by atoms with Crippen LogP contribution < -0.4 is 10.6 Å². The Morgan fingerprint density at radius 1 is 1.14 bits per heavy atom. The van der Waals surface area contributed by atoms with E-state index in [0.29, 0.717) is 10.7 Å². The Balaban J connectivity index is 1.99. The van der Waals surface area contributed by atoms with Crippen LogP contribution in [0.3, 0.4) is 0 Å². The Labute approximate surface area is 133 Å². The van der Waals surface area contributed by atoms with Gasteiger partial charge in [0, 0.05) is 6.07 Å². The lowest BCUT2D eigenvalue weighted by molar-refractivity contribution is -0.114. The molecule has 2 rings (SSSR count). The molecule has 2 aromatic rings. The molecule has 21 heavy (non-hydrogen) atoms. The lowest BCUT2D eigenvalue weighted by Gasteiger charge is -2.10. The summed E-state index contributed by atoms with van der Waals surface area (Å²) in [5, 5.41) is 5.49. The van der Waals surface area contributed by atoms with Gasteiger partial charge in [-0.2, -0.15) is 0 Å². The van der Waals surface area contributed by atoms with E-state index in [0.717, 1.165) is 12.1 Å². The Kier molecular flexibility index (Phi) is 5.14.